The molecule has 1 aromatic carbocycles. The van der Waals surface area contributed by atoms with Gasteiger partial charge >= 0.3 is 0 Å². The highest BCUT2D eigenvalue weighted by atomic mass is 127. The zero-order chi connectivity index (χ0) is 11.7. The molecule has 1 aliphatic rings. The molecule has 17 heavy (non-hydrogen) atoms. The average molecular weight is 336 g/mol. The zero-order valence-corrected chi connectivity index (χ0v) is 11.6. The van der Waals surface area contributed by atoms with Crippen molar-refractivity contribution in [2.75, 3.05) is 0 Å². The van der Waals surface area contributed by atoms with E-state index in [1.807, 2.05) is 0 Å². The van der Waals surface area contributed by atoms with Crippen molar-refractivity contribution < 1.29 is 0 Å². The molecule has 0 amide bonds. The van der Waals surface area contributed by atoms with Gasteiger partial charge in [-0.3, -0.25) is 0 Å². The lowest BCUT2D eigenvalue weighted by atomic mass is 9.95. The molecule has 0 saturated carbocycles. The van der Waals surface area contributed by atoms with Crippen molar-refractivity contribution in [3.05, 3.63) is 45.2 Å². The SMILES string of the molecule is Ic1ccc(-c2cc3c(nn2)CCCC3)cc1. The number of aryl methyl sites for hydroxylation is 2. The minimum absolute atomic E-state index is 1.00. The summed E-state index contributed by atoms with van der Waals surface area (Å²) in [6, 6.07) is 10.7. The van der Waals surface area contributed by atoms with Crippen molar-refractivity contribution in [3.63, 3.8) is 0 Å². The molecule has 86 valence electrons. The molecule has 1 heterocycles. The number of halogens is 1. The summed E-state index contributed by atoms with van der Waals surface area (Å²) in [5.41, 5.74) is 4.75. The predicted octanol–water partition coefficient (Wildman–Crippen LogP) is 3.63. The Morgan fingerprint density at radius 2 is 1.71 bits per heavy atom. The second-order valence-corrected chi connectivity index (χ2v) is 5.66. The van der Waals surface area contributed by atoms with Gasteiger partial charge in [-0.1, -0.05) is 12.1 Å². The topological polar surface area (TPSA) is 25.8 Å². The third-order valence-corrected chi connectivity index (χ3v) is 3.93. The smallest absolute Gasteiger partial charge is 0.0932 e. The van der Waals surface area contributed by atoms with Crippen LogP contribution in [0.5, 0.6) is 0 Å². The van der Waals surface area contributed by atoms with E-state index in [2.05, 4.69) is 63.1 Å². The molecule has 0 bridgehead atoms. The maximum absolute atomic E-state index is 4.37. The highest BCUT2D eigenvalue weighted by Gasteiger charge is 2.12. The van der Waals surface area contributed by atoms with E-state index < -0.39 is 0 Å². The van der Waals surface area contributed by atoms with E-state index in [1.165, 1.54) is 27.7 Å². The number of benzene rings is 1. The Balaban J connectivity index is 2.01. The van der Waals surface area contributed by atoms with Crippen molar-refractivity contribution >= 4 is 22.6 Å². The Morgan fingerprint density at radius 1 is 0.941 bits per heavy atom. The van der Waals surface area contributed by atoms with E-state index in [4.69, 9.17) is 0 Å². The third kappa shape index (κ3) is 2.34. The van der Waals surface area contributed by atoms with E-state index in [1.54, 1.807) is 0 Å². The molecule has 0 saturated heterocycles. The van der Waals surface area contributed by atoms with Crippen molar-refractivity contribution in [2.24, 2.45) is 0 Å². The molecule has 3 heteroatoms. The van der Waals surface area contributed by atoms with Crippen molar-refractivity contribution in [1.29, 1.82) is 0 Å². The molecule has 0 spiro atoms. The molecule has 2 nitrogen and oxygen atoms in total. The van der Waals surface area contributed by atoms with Gasteiger partial charge in [-0.2, -0.15) is 10.2 Å². The van der Waals surface area contributed by atoms with E-state index in [9.17, 15) is 0 Å². The van der Waals surface area contributed by atoms with Gasteiger partial charge in [0.05, 0.1) is 11.4 Å². The van der Waals surface area contributed by atoms with E-state index in [0.29, 0.717) is 0 Å². The maximum atomic E-state index is 4.37. The summed E-state index contributed by atoms with van der Waals surface area (Å²) >= 11 is 2.31. The van der Waals surface area contributed by atoms with Crippen molar-refractivity contribution in [2.45, 2.75) is 25.7 Å². The number of hydrogen-bond acceptors (Lipinski definition) is 2. The van der Waals surface area contributed by atoms with Crippen LogP contribution >= 0.6 is 22.6 Å². The van der Waals surface area contributed by atoms with Crippen LogP contribution in [-0.2, 0) is 12.8 Å². The summed E-state index contributed by atoms with van der Waals surface area (Å²) in [7, 11) is 0. The monoisotopic (exact) mass is 336 g/mol. The number of rotatable bonds is 1. The lowest BCUT2D eigenvalue weighted by Gasteiger charge is -2.14. The predicted molar refractivity (Wildman–Crippen MR) is 76.8 cm³/mol. The molecule has 0 unspecified atom stereocenters. The zero-order valence-electron chi connectivity index (χ0n) is 9.49. The Bertz CT molecular complexity index is 534. The minimum atomic E-state index is 1.00. The van der Waals surface area contributed by atoms with Gasteiger partial charge in [0, 0.05) is 9.13 Å². The second-order valence-electron chi connectivity index (χ2n) is 4.42. The van der Waals surface area contributed by atoms with Gasteiger partial charge in [0.2, 0.25) is 0 Å². The molecule has 1 aromatic heterocycles. The number of nitrogens with zero attached hydrogens (tertiary/aromatic N) is 2. The number of hydrogen-bond donors (Lipinski definition) is 0. The van der Waals surface area contributed by atoms with Crippen LogP contribution in [0.15, 0.2) is 30.3 Å². The van der Waals surface area contributed by atoms with Gasteiger partial charge in [0.25, 0.3) is 0 Å². The first-order valence-electron chi connectivity index (χ1n) is 5.94. The molecule has 0 N–H and O–H groups in total. The van der Waals surface area contributed by atoms with E-state index in [0.717, 1.165) is 24.1 Å². The Labute approximate surface area is 115 Å². The first-order chi connectivity index (χ1) is 8.33. The third-order valence-electron chi connectivity index (χ3n) is 3.21. The first-order valence-corrected chi connectivity index (χ1v) is 7.02. The molecular weight excluding hydrogens is 323 g/mol. The van der Waals surface area contributed by atoms with Crippen molar-refractivity contribution in [3.8, 4) is 11.3 Å². The Morgan fingerprint density at radius 3 is 2.53 bits per heavy atom. The fourth-order valence-electron chi connectivity index (χ4n) is 2.25. The maximum Gasteiger partial charge on any atom is 0.0932 e. The van der Waals surface area contributed by atoms with Gasteiger partial charge in [0.1, 0.15) is 0 Å². The van der Waals surface area contributed by atoms with Gasteiger partial charge < -0.3 is 0 Å². The summed E-state index contributed by atoms with van der Waals surface area (Å²) in [6.45, 7) is 0. The molecule has 0 atom stereocenters. The quantitative estimate of drug-likeness (QED) is 0.744. The summed E-state index contributed by atoms with van der Waals surface area (Å²) in [4.78, 5) is 0. The van der Waals surface area contributed by atoms with Crippen molar-refractivity contribution in [1.82, 2.24) is 10.2 Å². The Kier molecular flexibility index (Phi) is 3.09. The highest BCUT2D eigenvalue weighted by molar-refractivity contribution is 14.1. The molecule has 0 fully saturated rings. The van der Waals surface area contributed by atoms with Gasteiger partial charge in [-0.05, 0) is 72.0 Å². The van der Waals surface area contributed by atoms with Crippen LogP contribution in [0.3, 0.4) is 0 Å². The van der Waals surface area contributed by atoms with Gasteiger partial charge in [-0.25, -0.2) is 0 Å². The molecule has 1 aliphatic carbocycles. The molecule has 3 rings (SSSR count). The molecular formula is C14H13IN2. The van der Waals surface area contributed by atoms with Crippen LogP contribution in [0, 0.1) is 3.57 Å². The summed E-state index contributed by atoms with van der Waals surface area (Å²) in [5, 5.41) is 8.71. The van der Waals surface area contributed by atoms with Crippen LogP contribution < -0.4 is 0 Å². The largest absolute Gasteiger partial charge is 0.155 e. The molecule has 2 aromatic rings. The lowest BCUT2D eigenvalue weighted by Crippen LogP contribution is -2.07. The number of fused-ring (bicyclic) bond motifs is 1. The molecule has 0 aliphatic heterocycles. The summed E-state index contributed by atoms with van der Waals surface area (Å²) < 4.78 is 1.25. The van der Waals surface area contributed by atoms with Crippen LogP contribution in [0.4, 0.5) is 0 Å². The van der Waals surface area contributed by atoms with Crippen LogP contribution in [0.1, 0.15) is 24.1 Å². The summed E-state index contributed by atoms with van der Waals surface area (Å²) in [6.07, 6.45) is 4.78. The standard InChI is InChI=1S/C14H13IN2/c15-12-7-5-10(6-8-12)14-9-11-3-1-2-4-13(11)16-17-14/h5-9H,1-4H2. The fourth-order valence-corrected chi connectivity index (χ4v) is 2.61. The average Bonchev–Trinajstić information content (AvgIpc) is 2.39. The Hall–Kier alpha value is -0.970. The highest BCUT2D eigenvalue weighted by Crippen LogP contribution is 2.24. The van der Waals surface area contributed by atoms with Gasteiger partial charge in [0.15, 0.2) is 0 Å². The molecule has 0 radical (unpaired) electrons. The van der Waals surface area contributed by atoms with Gasteiger partial charge in [-0.15, -0.1) is 0 Å². The van der Waals surface area contributed by atoms with Crippen LogP contribution in [0.25, 0.3) is 11.3 Å². The van der Waals surface area contributed by atoms with Crippen LogP contribution in [0.2, 0.25) is 0 Å². The van der Waals surface area contributed by atoms with E-state index in [-0.39, 0.29) is 0 Å². The number of aromatic nitrogens is 2. The van der Waals surface area contributed by atoms with Crippen LogP contribution in [-0.4, -0.2) is 10.2 Å². The minimum Gasteiger partial charge on any atom is -0.155 e. The summed E-state index contributed by atoms with van der Waals surface area (Å²) in [5.74, 6) is 0. The normalized spacial score (nSPS) is 14.4. The first kappa shape index (κ1) is 11.1. The van der Waals surface area contributed by atoms with E-state index >= 15 is 0 Å². The second kappa shape index (κ2) is 4.72. The lowest BCUT2D eigenvalue weighted by molar-refractivity contribution is 0.655. The fraction of sp³-hybridized carbons (Fsp3) is 0.286.